The zero-order chi connectivity index (χ0) is 23.8. The first-order valence-corrected chi connectivity index (χ1v) is 11.1. The van der Waals surface area contributed by atoms with E-state index in [1.54, 1.807) is 11.9 Å². The average molecular weight is 460 g/mol. The largest absolute Gasteiger partial charge is 0.481 e. The molecule has 2 heterocycles. The number of rotatable bonds is 6. The molecule has 5 rings (SSSR count). The SMILES string of the molecule is Cn1nc(C(=O)N2CC(CC(=O)O)C2)cc1NC(=O)OCC1c2ccccc2-c2ccccc21. The first-order chi connectivity index (χ1) is 16.4. The highest BCUT2D eigenvalue weighted by Crippen LogP contribution is 2.44. The normalized spacial score (nSPS) is 14.8. The van der Waals surface area contributed by atoms with Crippen LogP contribution in [0.1, 0.15) is 34.0 Å². The van der Waals surface area contributed by atoms with Crippen LogP contribution in [-0.4, -0.2) is 57.5 Å². The quantitative estimate of drug-likeness (QED) is 0.583. The van der Waals surface area contributed by atoms with E-state index in [9.17, 15) is 14.4 Å². The van der Waals surface area contributed by atoms with Gasteiger partial charge in [-0.25, -0.2) is 4.79 Å². The van der Waals surface area contributed by atoms with E-state index >= 15 is 0 Å². The van der Waals surface area contributed by atoms with Gasteiger partial charge in [0.1, 0.15) is 12.4 Å². The Balaban J connectivity index is 1.20. The molecule has 9 heteroatoms. The van der Waals surface area contributed by atoms with Gasteiger partial charge in [0.05, 0.1) is 6.42 Å². The number of carbonyl (C=O) groups excluding carboxylic acids is 2. The molecule has 1 fully saturated rings. The molecule has 0 radical (unpaired) electrons. The molecular weight excluding hydrogens is 436 g/mol. The molecular formula is C25H24N4O5. The number of aromatic nitrogens is 2. The Labute approximate surface area is 195 Å². The van der Waals surface area contributed by atoms with Crippen molar-refractivity contribution in [1.82, 2.24) is 14.7 Å². The number of aliphatic carboxylic acids is 1. The van der Waals surface area contributed by atoms with Crippen molar-refractivity contribution < 1.29 is 24.2 Å². The third-order valence-electron chi connectivity index (χ3n) is 6.38. The summed E-state index contributed by atoms with van der Waals surface area (Å²) in [6.45, 7) is 0.954. The lowest BCUT2D eigenvalue weighted by atomic mass is 9.96. The van der Waals surface area contributed by atoms with Crippen LogP contribution in [0.25, 0.3) is 11.1 Å². The first kappa shape index (κ1) is 21.7. The number of hydrogen-bond acceptors (Lipinski definition) is 5. The van der Waals surface area contributed by atoms with E-state index in [-0.39, 0.29) is 36.5 Å². The highest BCUT2D eigenvalue weighted by Gasteiger charge is 2.34. The van der Waals surface area contributed by atoms with Gasteiger partial charge >= 0.3 is 12.1 Å². The molecule has 0 unspecified atom stereocenters. The first-order valence-electron chi connectivity index (χ1n) is 11.1. The molecule has 1 aliphatic heterocycles. The van der Waals surface area contributed by atoms with Crippen molar-refractivity contribution in [2.45, 2.75) is 12.3 Å². The number of amides is 2. The molecule has 1 aliphatic carbocycles. The highest BCUT2D eigenvalue weighted by molar-refractivity contribution is 5.95. The standard InChI is InChI=1S/C25H24N4O5/c1-28-22(11-21(27-28)24(32)29-12-15(13-29)10-23(30)31)26-25(33)34-14-20-18-8-4-2-6-16(18)17-7-3-5-9-19(17)20/h2-9,11,15,20H,10,12-14H2,1H3,(H,26,33)(H,30,31). The Morgan fingerprint density at radius 2 is 1.68 bits per heavy atom. The van der Waals surface area contributed by atoms with Crippen molar-refractivity contribution in [2.24, 2.45) is 13.0 Å². The summed E-state index contributed by atoms with van der Waals surface area (Å²) >= 11 is 0. The highest BCUT2D eigenvalue weighted by atomic mass is 16.5. The lowest BCUT2D eigenvalue weighted by molar-refractivity contribution is -0.139. The number of nitrogens with zero attached hydrogens (tertiary/aromatic N) is 3. The van der Waals surface area contributed by atoms with E-state index in [0.717, 1.165) is 22.3 Å². The van der Waals surface area contributed by atoms with Gasteiger partial charge in [-0.2, -0.15) is 5.10 Å². The number of fused-ring (bicyclic) bond motifs is 3. The fourth-order valence-corrected chi connectivity index (χ4v) is 4.70. The second kappa shape index (κ2) is 8.66. The summed E-state index contributed by atoms with van der Waals surface area (Å²) in [4.78, 5) is 37.5. The van der Waals surface area contributed by atoms with Crippen LogP contribution in [0.2, 0.25) is 0 Å². The summed E-state index contributed by atoms with van der Waals surface area (Å²) in [6, 6.07) is 17.7. The van der Waals surface area contributed by atoms with Crippen LogP contribution >= 0.6 is 0 Å². The predicted octanol–water partition coefficient (Wildman–Crippen LogP) is 3.33. The molecule has 0 spiro atoms. The number of aryl methyl sites for hydroxylation is 1. The number of nitrogens with one attached hydrogen (secondary N) is 1. The summed E-state index contributed by atoms with van der Waals surface area (Å²) in [5.41, 5.74) is 4.74. The maximum absolute atomic E-state index is 12.6. The molecule has 0 atom stereocenters. The van der Waals surface area contributed by atoms with E-state index in [1.165, 1.54) is 10.7 Å². The van der Waals surface area contributed by atoms with E-state index in [1.807, 2.05) is 24.3 Å². The molecule has 3 aromatic rings. The Morgan fingerprint density at radius 1 is 1.06 bits per heavy atom. The average Bonchev–Trinajstić information content (AvgIpc) is 3.32. The van der Waals surface area contributed by atoms with E-state index in [2.05, 4.69) is 34.7 Å². The lowest BCUT2D eigenvalue weighted by Crippen LogP contribution is -2.50. The zero-order valence-corrected chi connectivity index (χ0v) is 18.6. The molecule has 1 saturated heterocycles. The zero-order valence-electron chi connectivity index (χ0n) is 18.6. The van der Waals surface area contributed by atoms with Crippen molar-refractivity contribution in [1.29, 1.82) is 0 Å². The summed E-state index contributed by atoms with van der Waals surface area (Å²) < 4.78 is 6.96. The van der Waals surface area contributed by atoms with Crippen LogP contribution in [-0.2, 0) is 16.6 Å². The van der Waals surface area contributed by atoms with Crippen LogP contribution in [0, 0.1) is 5.92 Å². The number of likely N-dealkylation sites (tertiary alicyclic amines) is 1. The molecule has 0 saturated carbocycles. The minimum Gasteiger partial charge on any atom is -0.481 e. The number of carboxylic acid groups (broad SMARTS) is 1. The third-order valence-corrected chi connectivity index (χ3v) is 6.38. The number of ether oxygens (including phenoxy) is 1. The number of carbonyl (C=O) groups is 3. The van der Waals surface area contributed by atoms with Crippen LogP contribution in [0.5, 0.6) is 0 Å². The second-order valence-electron chi connectivity index (χ2n) is 8.66. The monoisotopic (exact) mass is 460 g/mol. The number of anilines is 1. The Hall–Kier alpha value is -4.14. The molecule has 174 valence electrons. The maximum Gasteiger partial charge on any atom is 0.412 e. The topological polar surface area (TPSA) is 114 Å². The summed E-state index contributed by atoms with van der Waals surface area (Å²) in [5, 5.41) is 15.7. The van der Waals surface area contributed by atoms with Crippen LogP contribution in [0.15, 0.2) is 54.6 Å². The number of benzene rings is 2. The van der Waals surface area contributed by atoms with Gasteiger partial charge in [0.25, 0.3) is 5.91 Å². The molecule has 0 bridgehead atoms. The number of carboxylic acids is 1. The van der Waals surface area contributed by atoms with Gasteiger partial charge in [-0.1, -0.05) is 48.5 Å². The molecule has 2 aromatic carbocycles. The minimum atomic E-state index is -0.871. The molecule has 2 N–H and O–H groups in total. The Morgan fingerprint density at radius 3 is 2.29 bits per heavy atom. The molecule has 2 aliphatic rings. The van der Waals surface area contributed by atoms with Gasteiger partial charge in [-0.15, -0.1) is 0 Å². The van der Waals surface area contributed by atoms with Crippen molar-refractivity contribution in [2.75, 3.05) is 25.0 Å². The van der Waals surface area contributed by atoms with Crippen LogP contribution in [0.3, 0.4) is 0 Å². The van der Waals surface area contributed by atoms with Gasteiger partial charge in [0.15, 0.2) is 5.69 Å². The fraction of sp³-hybridized carbons (Fsp3) is 0.280. The van der Waals surface area contributed by atoms with E-state index in [0.29, 0.717) is 18.9 Å². The summed E-state index contributed by atoms with van der Waals surface area (Å²) in [5.74, 6) is -0.916. The van der Waals surface area contributed by atoms with Gasteiger partial charge < -0.3 is 14.7 Å². The molecule has 9 nitrogen and oxygen atoms in total. The summed E-state index contributed by atoms with van der Waals surface area (Å²) in [6.07, 6.45) is -0.588. The smallest absolute Gasteiger partial charge is 0.412 e. The van der Waals surface area contributed by atoms with Gasteiger partial charge in [0.2, 0.25) is 0 Å². The number of hydrogen-bond donors (Lipinski definition) is 2. The van der Waals surface area contributed by atoms with Crippen molar-refractivity contribution in [3.8, 4) is 11.1 Å². The van der Waals surface area contributed by atoms with Gasteiger partial charge in [0, 0.05) is 38.0 Å². The maximum atomic E-state index is 12.6. The van der Waals surface area contributed by atoms with E-state index in [4.69, 9.17) is 9.84 Å². The molecule has 1 aromatic heterocycles. The van der Waals surface area contributed by atoms with Gasteiger partial charge in [-0.05, 0) is 22.3 Å². The minimum absolute atomic E-state index is 0.0383. The third kappa shape index (κ3) is 4.00. The Kier molecular flexibility index (Phi) is 5.53. The van der Waals surface area contributed by atoms with Crippen LogP contribution < -0.4 is 5.32 Å². The molecule has 34 heavy (non-hydrogen) atoms. The van der Waals surface area contributed by atoms with E-state index < -0.39 is 12.1 Å². The van der Waals surface area contributed by atoms with Gasteiger partial charge in [-0.3, -0.25) is 19.6 Å². The Bertz CT molecular complexity index is 1230. The van der Waals surface area contributed by atoms with Crippen molar-refractivity contribution >= 4 is 23.8 Å². The van der Waals surface area contributed by atoms with Crippen LogP contribution in [0.4, 0.5) is 10.6 Å². The second-order valence-corrected chi connectivity index (χ2v) is 8.66. The predicted molar refractivity (Wildman–Crippen MR) is 124 cm³/mol. The van der Waals surface area contributed by atoms with Crippen molar-refractivity contribution in [3.05, 3.63) is 71.4 Å². The fourth-order valence-electron chi connectivity index (χ4n) is 4.70. The van der Waals surface area contributed by atoms with Crippen molar-refractivity contribution in [3.63, 3.8) is 0 Å². The lowest BCUT2D eigenvalue weighted by Gasteiger charge is -2.38. The summed E-state index contributed by atoms with van der Waals surface area (Å²) in [7, 11) is 1.62. The molecule has 2 amide bonds.